The van der Waals surface area contributed by atoms with Gasteiger partial charge in [0.15, 0.2) is 0 Å². The summed E-state index contributed by atoms with van der Waals surface area (Å²) >= 11 is 0. The second-order valence-corrected chi connectivity index (χ2v) is 4.85. The van der Waals surface area contributed by atoms with Crippen LogP contribution in [0.1, 0.15) is 48.5 Å². The van der Waals surface area contributed by atoms with Gasteiger partial charge >= 0.3 is 0 Å². The van der Waals surface area contributed by atoms with Gasteiger partial charge in [-0.1, -0.05) is 37.5 Å². The van der Waals surface area contributed by atoms with Gasteiger partial charge < -0.3 is 5.11 Å². The molecule has 1 heteroatoms. The van der Waals surface area contributed by atoms with Gasteiger partial charge in [-0.3, -0.25) is 0 Å². The van der Waals surface area contributed by atoms with E-state index < -0.39 is 0 Å². The number of aryl methyl sites for hydroxylation is 2. The van der Waals surface area contributed by atoms with E-state index in [0.29, 0.717) is 0 Å². The first-order valence-corrected chi connectivity index (χ1v) is 5.92. The highest BCUT2D eigenvalue weighted by molar-refractivity contribution is 5.35. The zero-order valence-corrected chi connectivity index (χ0v) is 9.66. The third kappa shape index (κ3) is 2.23. The predicted molar refractivity (Wildman–Crippen MR) is 62.8 cm³/mol. The lowest BCUT2D eigenvalue weighted by atomic mass is 9.79. The van der Waals surface area contributed by atoms with Crippen molar-refractivity contribution in [2.45, 2.75) is 45.6 Å². The third-order valence-electron chi connectivity index (χ3n) is 3.66. The summed E-state index contributed by atoms with van der Waals surface area (Å²) in [4.78, 5) is 0. The molecule has 1 fully saturated rings. The van der Waals surface area contributed by atoms with Gasteiger partial charge in [-0.05, 0) is 42.9 Å². The van der Waals surface area contributed by atoms with Gasteiger partial charge in [0.05, 0.1) is 6.10 Å². The van der Waals surface area contributed by atoms with E-state index in [4.69, 9.17) is 0 Å². The molecule has 0 bridgehead atoms. The summed E-state index contributed by atoms with van der Waals surface area (Å²) in [5, 5.41) is 10.2. The Kier molecular flexibility index (Phi) is 3.11. The molecule has 0 amide bonds. The molecule has 1 nitrogen and oxygen atoms in total. The van der Waals surface area contributed by atoms with E-state index in [2.05, 4.69) is 32.0 Å². The lowest BCUT2D eigenvalue weighted by molar-refractivity contribution is 0.117. The lowest BCUT2D eigenvalue weighted by Crippen LogP contribution is -2.16. The van der Waals surface area contributed by atoms with Crippen LogP contribution in [0, 0.1) is 19.8 Å². The van der Waals surface area contributed by atoms with E-state index >= 15 is 0 Å². The molecule has 0 saturated heterocycles. The molecule has 1 N–H and O–H groups in total. The number of aliphatic hydroxyl groups excluding tert-OH is 1. The second kappa shape index (κ2) is 4.36. The molecular weight excluding hydrogens is 184 g/mol. The quantitative estimate of drug-likeness (QED) is 0.798. The van der Waals surface area contributed by atoms with E-state index in [1.54, 1.807) is 0 Å². The van der Waals surface area contributed by atoms with Crippen molar-refractivity contribution in [3.05, 3.63) is 34.9 Å². The summed E-state index contributed by atoms with van der Waals surface area (Å²) < 4.78 is 0. The molecule has 1 aromatic rings. The number of rotatable bonds is 3. The maximum Gasteiger partial charge on any atom is 0.0797 e. The third-order valence-corrected chi connectivity index (χ3v) is 3.66. The summed E-state index contributed by atoms with van der Waals surface area (Å²) in [5.41, 5.74) is 3.60. The molecule has 1 unspecified atom stereocenters. The van der Waals surface area contributed by atoms with Gasteiger partial charge in [0.2, 0.25) is 0 Å². The molecule has 0 spiro atoms. The van der Waals surface area contributed by atoms with Crippen LogP contribution < -0.4 is 0 Å². The van der Waals surface area contributed by atoms with Crippen molar-refractivity contribution in [1.82, 2.24) is 0 Å². The molecule has 0 aliphatic heterocycles. The predicted octanol–water partition coefficient (Wildman–Crippen LogP) is 3.53. The van der Waals surface area contributed by atoms with Crippen LogP contribution in [0.4, 0.5) is 0 Å². The van der Waals surface area contributed by atoms with Crippen LogP contribution in [0.15, 0.2) is 18.2 Å². The molecule has 0 radical (unpaired) electrons. The maximum absolute atomic E-state index is 10.2. The average Bonchev–Trinajstić information content (AvgIpc) is 2.11. The number of benzene rings is 1. The number of hydrogen-bond donors (Lipinski definition) is 1. The van der Waals surface area contributed by atoms with Gasteiger partial charge in [-0.15, -0.1) is 0 Å². The molecule has 1 aliphatic rings. The van der Waals surface area contributed by atoms with E-state index in [1.165, 1.54) is 30.4 Å². The highest BCUT2D eigenvalue weighted by atomic mass is 16.3. The minimum Gasteiger partial charge on any atom is -0.388 e. The molecule has 1 aromatic carbocycles. The van der Waals surface area contributed by atoms with Crippen molar-refractivity contribution in [2.24, 2.45) is 5.92 Å². The average molecular weight is 204 g/mol. The lowest BCUT2D eigenvalue weighted by Gasteiger charge is -2.28. The van der Waals surface area contributed by atoms with Crippen molar-refractivity contribution in [2.75, 3.05) is 0 Å². The molecule has 1 saturated carbocycles. The number of aliphatic hydroxyl groups is 1. The molecule has 1 aliphatic carbocycles. The number of hydrogen-bond acceptors (Lipinski definition) is 1. The Hall–Kier alpha value is -0.820. The van der Waals surface area contributed by atoms with Crippen LogP contribution in [0.25, 0.3) is 0 Å². The second-order valence-electron chi connectivity index (χ2n) is 4.85. The van der Waals surface area contributed by atoms with Crippen LogP contribution in [0.2, 0.25) is 0 Å². The van der Waals surface area contributed by atoms with Crippen molar-refractivity contribution < 1.29 is 5.11 Å². The molecule has 0 heterocycles. The Balaban J connectivity index is 2.12. The van der Waals surface area contributed by atoms with Crippen molar-refractivity contribution >= 4 is 0 Å². The Labute approximate surface area is 92.1 Å². The Morgan fingerprint density at radius 3 is 2.33 bits per heavy atom. The molecule has 15 heavy (non-hydrogen) atoms. The van der Waals surface area contributed by atoms with Gasteiger partial charge in [0, 0.05) is 0 Å². The van der Waals surface area contributed by atoms with E-state index in [-0.39, 0.29) is 6.10 Å². The largest absolute Gasteiger partial charge is 0.388 e. The minimum atomic E-state index is -0.253. The minimum absolute atomic E-state index is 0.253. The van der Waals surface area contributed by atoms with E-state index in [1.807, 2.05) is 0 Å². The first kappa shape index (κ1) is 10.7. The van der Waals surface area contributed by atoms with Crippen molar-refractivity contribution in [1.29, 1.82) is 0 Å². The summed E-state index contributed by atoms with van der Waals surface area (Å²) in [6.45, 7) is 4.18. The highest BCUT2D eigenvalue weighted by Gasteiger charge is 2.23. The van der Waals surface area contributed by atoms with Gasteiger partial charge in [-0.25, -0.2) is 0 Å². The molecular formula is C14H20O. The maximum atomic E-state index is 10.2. The monoisotopic (exact) mass is 204 g/mol. The van der Waals surface area contributed by atoms with Crippen molar-refractivity contribution in [3.8, 4) is 0 Å². The first-order chi connectivity index (χ1) is 7.18. The fourth-order valence-electron chi connectivity index (χ4n) is 2.52. The summed E-state index contributed by atoms with van der Waals surface area (Å²) in [5.74, 6) is 0.763. The molecule has 1 atom stereocenters. The summed E-state index contributed by atoms with van der Waals surface area (Å²) in [7, 11) is 0. The SMILES string of the molecule is Cc1cccc(C)c1C(O)CC1CCC1. The topological polar surface area (TPSA) is 20.2 Å². The molecule has 2 rings (SSSR count). The Morgan fingerprint density at radius 1 is 1.27 bits per heavy atom. The van der Waals surface area contributed by atoms with Gasteiger partial charge in [0.25, 0.3) is 0 Å². The zero-order valence-electron chi connectivity index (χ0n) is 9.66. The summed E-state index contributed by atoms with van der Waals surface area (Å²) in [6, 6.07) is 6.24. The Bertz CT molecular complexity index is 319. The van der Waals surface area contributed by atoms with Crippen LogP contribution in [-0.4, -0.2) is 5.11 Å². The smallest absolute Gasteiger partial charge is 0.0797 e. The Morgan fingerprint density at radius 2 is 1.87 bits per heavy atom. The standard InChI is InChI=1S/C14H20O/c1-10-5-3-6-11(2)14(10)13(15)9-12-7-4-8-12/h3,5-6,12-13,15H,4,7-9H2,1-2H3. The van der Waals surface area contributed by atoms with Crippen LogP contribution >= 0.6 is 0 Å². The molecule has 0 aromatic heterocycles. The highest BCUT2D eigenvalue weighted by Crippen LogP contribution is 2.36. The van der Waals surface area contributed by atoms with Gasteiger partial charge in [0.1, 0.15) is 0 Å². The zero-order chi connectivity index (χ0) is 10.8. The van der Waals surface area contributed by atoms with E-state index in [0.717, 1.165) is 17.9 Å². The van der Waals surface area contributed by atoms with Gasteiger partial charge in [-0.2, -0.15) is 0 Å². The molecule has 82 valence electrons. The fraction of sp³-hybridized carbons (Fsp3) is 0.571. The van der Waals surface area contributed by atoms with E-state index in [9.17, 15) is 5.11 Å². The van der Waals surface area contributed by atoms with Crippen LogP contribution in [0.3, 0.4) is 0 Å². The van der Waals surface area contributed by atoms with Crippen LogP contribution in [-0.2, 0) is 0 Å². The van der Waals surface area contributed by atoms with Crippen LogP contribution in [0.5, 0.6) is 0 Å². The summed E-state index contributed by atoms with van der Waals surface area (Å²) in [6.07, 6.45) is 4.66. The normalized spacial score (nSPS) is 18.6. The first-order valence-electron chi connectivity index (χ1n) is 5.92. The fourth-order valence-corrected chi connectivity index (χ4v) is 2.52. The van der Waals surface area contributed by atoms with Crippen molar-refractivity contribution in [3.63, 3.8) is 0 Å².